The quantitative estimate of drug-likeness (QED) is 0.385. The van der Waals surface area contributed by atoms with Crippen molar-refractivity contribution in [3.05, 3.63) is 58.7 Å². The molecule has 0 saturated carbocycles. The number of allylic oxidation sites excluding steroid dienone is 9. The molecule has 25 heavy (non-hydrogen) atoms. The van der Waals surface area contributed by atoms with Gasteiger partial charge in [0.25, 0.3) is 0 Å². The van der Waals surface area contributed by atoms with Gasteiger partial charge in [0.05, 0.1) is 5.57 Å². The Hall–Kier alpha value is -1.74. The van der Waals surface area contributed by atoms with Gasteiger partial charge < -0.3 is 5.11 Å². The molecule has 0 aliphatic heterocycles. The SMILES string of the molecule is CC(C)=CCCC(C)=CCCC(C)=CCC1C=CC=C(C(=O)O)C1=S. The van der Waals surface area contributed by atoms with E-state index in [0.29, 0.717) is 4.86 Å². The monoisotopic (exact) mass is 358 g/mol. The second-order valence-corrected chi connectivity index (χ2v) is 7.38. The van der Waals surface area contributed by atoms with Crippen molar-refractivity contribution in [2.45, 2.75) is 59.8 Å². The van der Waals surface area contributed by atoms with Gasteiger partial charge in [-0.2, -0.15) is 0 Å². The second kappa shape index (κ2) is 11.0. The van der Waals surface area contributed by atoms with E-state index in [1.54, 1.807) is 12.2 Å². The summed E-state index contributed by atoms with van der Waals surface area (Å²) in [5.74, 6) is -0.920. The van der Waals surface area contributed by atoms with Crippen molar-refractivity contribution in [2.75, 3.05) is 0 Å². The highest BCUT2D eigenvalue weighted by atomic mass is 32.1. The summed E-state index contributed by atoms with van der Waals surface area (Å²) in [4.78, 5) is 11.7. The first-order valence-electron chi connectivity index (χ1n) is 8.92. The van der Waals surface area contributed by atoms with E-state index in [4.69, 9.17) is 17.3 Å². The molecule has 0 fully saturated rings. The molecule has 0 aromatic heterocycles. The minimum atomic E-state index is -0.936. The maximum Gasteiger partial charge on any atom is 0.336 e. The van der Waals surface area contributed by atoms with E-state index in [2.05, 4.69) is 45.9 Å². The fraction of sp³-hybridized carbons (Fsp3) is 0.455. The molecule has 1 atom stereocenters. The summed E-state index contributed by atoms with van der Waals surface area (Å²) in [5, 5.41) is 9.15. The number of carbonyl (C=O) groups is 1. The van der Waals surface area contributed by atoms with Crippen LogP contribution in [0.2, 0.25) is 0 Å². The Morgan fingerprint density at radius 2 is 1.68 bits per heavy atom. The van der Waals surface area contributed by atoms with Crippen LogP contribution in [0.5, 0.6) is 0 Å². The lowest BCUT2D eigenvalue weighted by Gasteiger charge is -2.16. The van der Waals surface area contributed by atoms with Gasteiger partial charge in [0.2, 0.25) is 0 Å². The van der Waals surface area contributed by atoms with E-state index in [0.717, 1.165) is 32.1 Å². The Labute approximate surface area is 157 Å². The van der Waals surface area contributed by atoms with Gasteiger partial charge in [-0.25, -0.2) is 4.79 Å². The number of carboxylic acid groups (broad SMARTS) is 1. The standard InChI is InChI=1S/C22H30O2S/c1-16(2)8-5-9-17(3)10-6-11-18(4)14-15-19-12-7-13-20(21(19)25)22(23)24/h7-8,10,12-14,19H,5-6,9,11,15H2,1-4H3,(H,23,24). The first-order chi connectivity index (χ1) is 11.8. The predicted octanol–water partition coefficient (Wildman–Crippen LogP) is 6.36. The zero-order valence-corrected chi connectivity index (χ0v) is 16.7. The molecule has 136 valence electrons. The molecule has 1 unspecified atom stereocenters. The van der Waals surface area contributed by atoms with Crippen molar-refractivity contribution in [1.82, 2.24) is 0 Å². The summed E-state index contributed by atoms with van der Waals surface area (Å²) in [6.07, 6.45) is 17.3. The Bertz CT molecular complexity index is 641. The van der Waals surface area contributed by atoms with Gasteiger partial charge in [0, 0.05) is 10.8 Å². The number of hydrogen-bond acceptors (Lipinski definition) is 2. The number of aliphatic carboxylic acids is 1. The van der Waals surface area contributed by atoms with E-state index in [9.17, 15) is 4.79 Å². The van der Waals surface area contributed by atoms with Crippen LogP contribution < -0.4 is 0 Å². The molecule has 0 radical (unpaired) electrons. The largest absolute Gasteiger partial charge is 0.478 e. The number of carboxylic acids is 1. The third-order valence-electron chi connectivity index (χ3n) is 4.28. The summed E-state index contributed by atoms with van der Waals surface area (Å²) in [6, 6.07) is 0. The van der Waals surface area contributed by atoms with Crippen LogP contribution in [0.4, 0.5) is 0 Å². The van der Waals surface area contributed by atoms with Gasteiger partial charge in [-0.3, -0.25) is 0 Å². The van der Waals surface area contributed by atoms with E-state index in [1.165, 1.54) is 16.7 Å². The van der Waals surface area contributed by atoms with E-state index < -0.39 is 5.97 Å². The lowest BCUT2D eigenvalue weighted by atomic mass is 9.90. The van der Waals surface area contributed by atoms with Crippen LogP contribution in [0, 0.1) is 5.92 Å². The number of hydrogen-bond donors (Lipinski definition) is 1. The molecular weight excluding hydrogens is 328 g/mol. The molecule has 1 aliphatic rings. The summed E-state index contributed by atoms with van der Waals surface area (Å²) in [6.45, 7) is 8.60. The van der Waals surface area contributed by atoms with Gasteiger partial charge in [-0.15, -0.1) is 0 Å². The molecule has 1 rings (SSSR count). The maximum atomic E-state index is 11.2. The van der Waals surface area contributed by atoms with E-state index in [1.807, 2.05) is 6.08 Å². The molecule has 0 saturated heterocycles. The summed E-state index contributed by atoms with van der Waals surface area (Å²) in [5.41, 5.74) is 4.40. The molecule has 2 nitrogen and oxygen atoms in total. The van der Waals surface area contributed by atoms with Crippen LogP contribution in [-0.2, 0) is 4.79 Å². The number of thiocarbonyl (C=S) groups is 1. The first-order valence-corrected chi connectivity index (χ1v) is 9.32. The molecular formula is C22H30O2S. The highest BCUT2D eigenvalue weighted by Gasteiger charge is 2.21. The average molecular weight is 359 g/mol. The molecule has 0 aromatic carbocycles. The number of rotatable bonds is 9. The minimum Gasteiger partial charge on any atom is -0.478 e. The maximum absolute atomic E-state index is 11.2. The van der Waals surface area contributed by atoms with Crippen LogP contribution in [0.25, 0.3) is 0 Å². The molecule has 0 bridgehead atoms. The van der Waals surface area contributed by atoms with Gasteiger partial charge in [-0.05, 0) is 65.9 Å². The van der Waals surface area contributed by atoms with Crippen molar-refractivity contribution in [3.63, 3.8) is 0 Å². The second-order valence-electron chi connectivity index (χ2n) is 6.94. The Morgan fingerprint density at radius 1 is 1.08 bits per heavy atom. The third-order valence-corrected chi connectivity index (χ3v) is 4.80. The Morgan fingerprint density at radius 3 is 2.28 bits per heavy atom. The predicted molar refractivity (Wildman–Crippen MR) is 111 cm³/mol. The minimum absolute atomic E-state index is 0.0161. The molecule has 0 aromatic rings. The molecule has 3 heteroatoms. The zero-order valence-electron chi connectivity index (χ0n) is 15.8. The topological polar surface area (TPSA) is 37.3 Å². The van der Waals surface area contributed by atoms with Crippen molar-refractivity contribution in [2.24, 2.45) is 5.92 Å². The zero-order chi connectivity index (χ0) is 18.8. The lowest BCUT2D eigenvalue weighted by Crippen LogP contribution is -2.20. The lowest BCUT2D eigenvalue weighted by molar-refractivity contribution is -0.132. The highest BCUT2D eigenvalue weighted by molar-refractivity contribution is 7.81. The average Bonchev–Trinajstić information content (AvgIpc) is 2.53. The highest BCUT2D eigenvalue weighted by Crippen LogP contribution is 2.22. The summed E-state index contributed by atoms with van der Waals surface area (Å²) in [7, 11) is 0. The van der Waals surface area contributed by atoms with Crippen LogP contribution in [0.15, 0.2) is 58.7 Å². The first kappa shape index (κ1) is 21.3. The van der Waals surface area contributed by atoms with Crippen molar-refractivity contribution >= 4 is 23.1 Å². The van der Waals surface area contributed by atoms with E-state index >= 15 is 0 Å². The molecule has 1 N–H and O–H groups in total. The van der Waals surface area contributed by atoms with Gasteiger partial charge in [0.15, 0.2) is 0 Å². The van der Waals surface area contributed by atoms with Crippen molar-refractivity contribution in [3.8, 4) is 0 Å². The normalized spacial score (nSPS) is 18.2. The molecule has 0 heterocycles. The Kier molecular flexibility index (Phi) is 9.36. The van der Waals surface area contributed by atoms with Crippen LogP contribution in [0.3, 0.4) is 0 Å². The summed E-state index contributed by atoms with van der Waals surface area (Å²) >= 11 is 5.31. The third kappa shape index (κ3) is 8.26. The van der Waals surface area contributed by atoms with Crippen molar-refractivity contribution in [1.29, 1.82) is 0 Å². The molecule has 0 amide bonds. The van der Waals surface area contributed by atoms with Crippen LogP contribution in [0.1, 0.15) is 59.8 Å². The fourth-order valence-corrected chi connectivity index (χ4v) is 3.01. The van der Waals surface area contributed by atoms with Gasteiger partial charge in [0.1, 0.15) is 0 Å². The van der Waals surface area contributed by atoms with Crippen LogP contribution in [-0.4, -0.2) is 15.9 Å². The van der Waals surface area contributed by atoms with Gasteiger partial charge in [-0.1, -0.05) is 59.3 Å². The van der Waals surface area contributed by atoms with Crippen molar-refractivity contribution < 1.29 is 9.90 Å². The van der Waals surface area contributed by atoms with E-state index in [-0.39, 0.29) is 11.5 Å². The van der Waals surface area contributed by atoms with Gasteiger partial charge >= 0.3 is 5.97 Å². The summed E-state index contributed by atoms with van der Waals surface area (Å²) < 4.78 is 0. The smallest absolute Gasteiger partial charge is 0.336 e. The molecule has 0 spiro atoms. The molecule has 1 aliphatic carbocycles. The fourth-order valence-electron chi connectivity index (χ4n) is 2.68. The van der Waals surface area contributed by atoms with Crippen LogP contribution >= 0.6 is 12.2 Å². The Balaban J connectivity index is 2.43.